The van der Waals surface area contributed by atoms with E-state index in [0.717, 1.165) is 5.69 Å². The van der Waals surface area contributed by atoms with Crippen molar-refractivity contribution < 1.29 is 19.5 Å². The Morgan fingerprint density at radius 3 is 2.39 bits per heavy atom. The van der Waals surface area contributed by atoms with Crippen LogP contribution in [-0.4, -0.2) is 84.8 Å². The molecule has 3 aliphatic rings. The molecule has 7 atom stereocenters. The Labute approximate surface area is 238 Å². The van der Waals surface area contributed by atoms with E-state index in [9.17, 15) is 19.5 Å². The summed E-state index contributed by atoms with van der Waals surface area (Å²) in [5, 5.41) is 9.99. The Kier molecular flexibility index (Phi) is 8.22. The lowest BCUT2D eigenvalue weighted by atomic mass is 9.70. The number of rotatable bonds is 9. The van der Waals surface area contributed by atoms with Crippen LogP contribution in [0.4, 0.5) is 5.69 Å². The van der Waals surface area contributed by atoms with Crippen molar-refractivity contribution >= 4 is 51.1 Å². The number of thioether (sulfide) groups is 1. The molecule has 3 aliphatic heterocycles. The summed E-state index contributed by atoms with van der Waals surface area (Å²) in [5.41, 5.74) is 0.240. The minimum atomic E-state index is -0.793. The van der Waals surface area contributed by atoms with E-state index in [2.05, 4.69) is 29.1 Å². The number of aliphatic hydroxyl groups excluding tert-OH is 1. The van der Waals surface area contributed by atoms with Crippen molar-refractivity contribution in [3.8, 4) is 0 Å². The molecule has 1 spiro atoms. The minimum absolute atomic E-state index is 0.0333. The first-order valence-corrected chi connectivity index (χ1v) is 14.9. The predicted molar refractivity (Wildman–Crippen MR) is 156 cm³/mol. The van der Waals surface area contributed by atoms with E-state index in [1.165, 1.54) is 0 Å². The molecule has 1 N–H and O–H groups in total. The summed E-state index contributed by atoms with van der Waals surface area (Å²) >= 11 is 5.43. The second-order valence-corrected chi connectivity index (χ2v) is 14.1. The Morgan fingerprint density at radius 2 is 1.84 bits per heavy atom. The number of halogens is 1. The van der Waals surface area contributed by atoms with E-state index in [0.29, 0.717) is 19.5 Å². The van der Waals surface area contributed by atoms with Gasteiger partial charge in [-0.25, -0.2) is 0 Å². The number of carbonyl (C=O) groups excluding carboxylic acids is 3. The van der Waals surface area contributed by atoms with Crippen LogP contribution in [-0.2, 0) is 14.4 Å². The molecule has 3 fully saturated rings. The summed E-state index contributed by atoms with van der Waals surface area (Å²) < 4.78 is -0.780. The van der Waals surface area contributed by atoms with Crippen molar-refractivity contribution in [3.63, 3.8) is 0 Å². The van der Waals surface area contributed by atoms with Crippen LogP contribution in [0.25, 0.3) is 0 Å². The molecule has 0 aromatic heterocycles. The van der Waals surface area contributed by atoms with Gasteiger partial charge in [-0.2, -0.15) is 0 Å². The lowest BCUT2D eigenvalue weighted by molar-refractivity contribution is -0.147. The minimum Gasteiger partial charge on any atom is -0.394 e. The van der Waals surface area contributed by atoms with Crippen LogP contribution >= 0.6 is 27.7 Å². The molecule has 2 bridgehead atoms. The third-order valence-electron chi connectivity index (χ3n) is 8.02. The second-order valence-electron chi connectivity index (χ2n) is 11.4. The zero-order valence-corrected chi connectivity index (χ0v) is 25.0. The number of hydrogen-bond acceptors (Lipinski definition) is 5. The maximum atomic E-state index is 14.4. The monoisotopic (exact) mass is 603 g/mol. The summed E-state index contributed by atoms with van der Waals surface area (Å²) in [4.78, 5) is 47.9. The van der Waals surface area contributed by atoms with Crippen LogP contribution in [0.1, 0.15) is 34.1 Å². The van der Waals surface area contributed by atoms with E-state index >= 15 is 0 Å². The van der Waals surface area contributed by atoms with Crippen LogP contribution in [0, 0.1) is 11.8 Å². The number of aliphatic hydroxyl groups is 1. The molecule has 3 heterocycles. The highest BCUT2D eigenvalue weighted by Crippen LogP contribution is 2.68. The lowest BCUT2D eigenvalue weighted by Crippen LogP contribution is -2.60. The van der Waals surface area contributed by atoms with E-state index in [1.807, 2.05) is 51.1 Å². The summed E-state index contributed by atoms with van der Waals surface area (Å²) in [6.07, 6.45) is 3.97. The van der Waals surface area contributed by atoms with Gasteiger partial charge in [0, 0.05) is 34.4 Å². The Morgan fingerprint density at radius 1 is 1.21 bits per heavy atom. The standard InChI is InChI=1S/C29H38BrN3O4S/c1-7-14-31(19-12-10-9-11-13-19)25(35)21-22-26(36)33(18(3)17-34)24(29(22)16-20(30)23(21)38-29)27(37)32(15-8-2)28(4,5)6/h7-13,18,20-24,34H,1-2,14-17H2,3-6H3/t18-,20?,21-,22+,23-,24?,29?/m1/s1. The average molecular weight is 605 g/mol. The molecule has 0 radical (unpaired) electrons. The summed E-state index contributed by atoms with van der Waals surface area (Å²) in [5.74, 6) is -1.80. The maximum absolute atomic E-state index is 14.4. The van der Waals surface area contributed by atoms with E-state index in [-0.39, 0.29) is 34.4 Å². The van der Waals surface area contributed by atoms with Crippen LogP contribution in [0.2, 0.25) is 0 Å². The maximum Gasteiger partial charge on any atom is 0.247 e. The van der Waals surface area contributed by atoms with E-state index in [4.69, 9.17) is 0 Å². The van der Waals surface area contributed by atoms with Crippen LogP contribution in [0.15, 0.2) is 55.6 Å². The molecule has 206 valence electrons. The van der Waals surface area contributed by atoms with Gasteiger partial charge in [-0.1, -0.05) is 46.3 Å². The average Bonchev–Trinajstić information content (AvgIpc) is 3.47. The van der Waals surface area contributed by atoms with Gasteiger partial charge < -0.3 is 19.8 Å². The zero-order valence-electron chi connectivity index (χ0n) is 22.5. The Hall–Kier alpha value is -2.10. The highest BCUT2D eigenvalue weighted by atomic mass is 79.9. The van der Waals surface area contributed by atoms with Gasteiger partial charge in [-0.15, -0.1) is 24.9 Å². The second kappa shape index (κ2) is 10.8. The first-order valence-electron chi connectivity index (χ1n) is 13.1. The molecule has 0 saturated carbocycles. The quantitative estimate of drug-likeness (QED) is 0.342. The molecule has 1 aromatic carbocycles. The van der Waals surface area contributed by atoms with Crippen molar-refractivity contribution in [1.82, 2.24) is 9.80 Å². The van der Waals surface area contributed by atoms with Gasteiger partial charge in [0.1, 0.15) is 6.04 Å². The van der Waals surface area contributed by atoms with Gasteiger partial charge in [-0.05, 0) is 46.2 Å². The van der Waals surface area contributed by atoms with Gasteiger partial charge in [0.25, 0.3) is 0 Å². The number of alkyl halides is 1. The SMILES string of the molecule is C=CCN(C(=O)[C@H]1[C@@H]2SC3(CC2Br)C(C(=O)N(CC=C)C(C)(C)C)N([C@H](C)CO)C(=O)[C@H]13)c1ccccc1. The number of carbonyl (C=O) groups is 3. The van der Waals surface area contributed by atoms with Crippen molar-refractivity contribution in [3.05, 3.63) is 55.6 Å². The third-order valence-corrected chi connectivity index (χ3v) is 11.2. The fraction of sp³-hybridized carbons (Fsp3) is 0.552. The number of amides is 3. The number of likely N-dealkylation sites (tertiary alicyclic amines) is 1. The van der Waals surface area contributed by atoms with Crippen LogP contribution < -0.4 is 4.90 Å². The molecule has 4 rings (SSSR count). The van der Waals surface area contributed by atoms with Gasteiger partial charge in [-0.3, -0.25) is 14.4 Å². The molecule has 7 nitrogen and oxygen atoms in total. The van der Waals surface area contributed by atoms with Crippen molar-refractivity contribution in [2.75, 3.05) is 24.6 Å². The number of hydrogen-bond donors (Lipinski definition) is 1. The fourth-order valence-corrected chi connectivity index (χ4v) is 9.99. The van der Waals surface area contributed by atoms with Crippen molar-refractivity contribution in [2.45, 2.75) is 66.6 Å². The van der Waals surface area contributed by atoms with Gasteiger partial charge in [0.15, 0.2) is 0 Å². The van der Waals surface area contributed by atoms with Gasteiger partial charge >= 0.3 is 0 Å². The van der Waals surface area contributed by atoms with Crippen LogP contribution in [0.3, 0.4) is 0 Å². The van der Waals surface area contributed by atoms with Gasteiger partial charge in [0.2, 0.25) is 17.7 Å². The van der Waals surface area contributed by atoms with Crippen molar-refractivity contribution in [2.24, 2.45) is 11.8 Å². The fourth-order valence-electron chi connectivity index (χ4n) is 6.40. The highest BCUT2D eigenvalue weighted by molar-refractivity contribution is 9.09. The smallest absolute Gasteiger partial charge is 0.247 e. The number of fused-ring (bicyclic) bond motifs is 1. The third kappa shape index (κ3) is 4.54. The van der Waals surface area contributed by atoms with Gasteiger partial charge in [0.05, 0.1) is 29.2 Å². The summed E-state index contributed by atoms with van der Waals surface area (Å²) in [7, 11) is 0. The number of anilines is 1. The molecule has 38 heavy (non-hydrogen) atoms. The first kappa shape index (κ1) is 28.9. The topological polar surface area (TPSA) is 81.2 Å². The zero-order chi connectivity index (χ0) is 28.0. The molecule has 9 heteroatoms. The van der Waals surface area contributed by atoms with E-state index in [1.54, 1.807) is 45.5 Å². The number of nitrogens with zero attached hydrogens (tertiary/aromatic N) is 3. The highest BCUT2D eigenvalue weighted by Gasteiger charge is 2.76. The Balaban J connectivity index is 1.82. The molecule has 3 amide bonds. The van der Waals surface area contributed by atoms with E-state index < -0.39 is 34.2 Å². The normalized spacial score (nSPS) is 30.6. The molecule has 3 unspecified atom stereocenters. The molecular formula is C29H38BrN3O4S. The van der Waals surface area contributed by atoms with Crippen molar-refractivity contribution in [1.29, 1.82) is 0 Å². The number of para-hydroxylation sites is 1. The largest absolute Gasteiger partial charge is 0.394 e. The molecule has 0 aliphatic carbocycles. The molecule has 1 aromatic rings. The summed E-state index contributed by atoms with van der Waals surface area (Å²) in [6.45, 7) is 15.7. The van der Waals surface area contributed by atoms with Crippen LogP contribution in [0.5, 0.6) is 0 Å². The molecular weight excluding hydrogens is 566 g/mol. The Bertz CT molecular complexity index is 1110. The predicted octanol–water partition coefficient (Wildman–Crippen LogP) is 3.86. The lowest BCUT2D eigenvalue weighted by Gasteiger charge is -2.43. The number of benzene rings is 1. The first-order chi connectivity index (χ1) is 17.9. The summed E-state index contributed by atoms with van der Waals surface area (Å²) in [6, 6.07) is 8.05. The molecule has 3 saturated heterocycles.